The van der Waals surface area contributed by atoms with Gasteiger partial charge < -0.3 is 14.4 Å². The van der Waals surface area contributed by atoms with E-state index < -0.39 is 0 Å². The lowest BCUT2D eigenvalue weighted by Crippen LogP contribution is -2.46. The number of hydrogen-bond acceptors (Lipinski definition) is 4. The van der Waals surface area contributed by atoms with Crippen LogP contribution in [0, 0.1) is 0 Å². The topological polar surface area (TPSA) is 21.7 Å². The highest BCUT2D eigenvalue weighted by molar-refractivity contribution is 8.00. The summed E-state index contributed by atoms with van der Waals surface area (Å²) in [5.74, 6) is 2.00. The first-order valence-corrected chi connectivity index (χ1v) is 12.1. The maximum Gasteiger partial charge on any atom is 0.136 e. The Labute approximate surface area is 178 Å². The van der Waals surface area contributed by atoms with E-state index in [2.05, 4.69) is 60.4 Å². The van der Waals surface area contributed by atoms with E-state index in [9.17, 15) is 0 Å². The van der Waals surface area contributed by atoms with Gasteiger partial charge in [0.05, 0.1) is 5.25 Å². The second-order valence-electron chi connectivity index (χ2n) is 8.56. The number of thioether (sulfide) groups is 1. The minimum absolute atomic E-state index is 0.0969. The third-order valence-corrected chi connectivity index (χ3v) is 8.18. The molecule has 0 aromatic heterocycles. The molecule has 2 unspecified atom stereocenters. The van der Waals surface area contributed by atoms with E-state index in [1.807, 2.05) is 11.8 Å². The van der Waals surface area contributed by atoms with Crippen LogP contribution in [0.4, 0.5) is 0 Å². The number of fused-ring (bicyclic) bond motifs is 1. The van der Waals surface area contributed by atoms with E-state index in [0.29, 0.717) is 11.4 Å². The number of ether oxygens (including phenoxy) is 2. The summed E-state index contributed by atoms with van der Waals surface area (Å²) in [5, 5.41) is 0.438. The first kappa shape index (κ1) is 19.3. The smallest absolute Gasteiger partial charge is 0.136 e. The van der Waals surface area contributed by atoms with Crippen molar-refractivity contribution < 1.29 is 9.47 Å². The van der Waals surface area contributed by atoms with Gasteiger partial charge >= 0.3 is 0 Å². The molecule has 154 valence electrons. The first-order chi connectivity index (χ1) is 14.3. The molecule has 1 saturated carbocycles. The van der Waals surface area contributed by atoms with Gasteiger partial charge in [-0.1, -0.05) is 37.6 Å². The van der Waals surface area contributed by atoms with Gasteiger partial charge in [-0.25, -0.2) is 0 Å². The van der Waals surface area contributed by atoms with E-state index in [1.54, 1.807) is 0 Å². The molecule has 4 heteroatoms. The van der Waals surface area contributed by atoms with Crippen molar-refractivity contribution in [2.45, 2.75) is 73.8 Å². The van der Waals surface area contributed by atoms with Crippen LogP contribution in [0.25, 0.3) is 0 Å². The molecule has 2 atom stereocenters. The Kier molecular flexibility index (Phi) is 5.74. The van der Waals surface area contributed by atoms with Crippen LogP contribution in [-0.2, 0) is 0 Å². The third kappa shape index (κ3) is 4.15. The zero-order valence-electron chi connectivity index (χ0n) is 17.3. The number of likely N-dealkylation sites (tertiary alicyclic amines) is 1. The molecule has 2 aromatic rings. The van der Waals surface area contributed by atoms with Gasteiger partial charge in [0.1, 0.15) is 23.7 Å². The molecule has 1 saturated heterocycles. The van der Waals surface area contributed by atoms with Gasteiger partial charge in [-0.15, -0.1) is 11.8 Å². The van der Waals surface area contributed by atoms with Crippen molar-refractivity contribution in [3.63, 3.8) is 0 Å². The summed E-state index contributed by atoms with van der Waals surface area (Å²) in [5.41, 5.74) is 1.24. The monoisotopic (exact) mass is 409 g/mol. The molecule has 0 spiro atoms. The number of benzene rings is 2. The summed E-state index contributed by atoms with van der Waals surface area (Å²) in [4.78, 5) is 3.93. The largest absolute Gasteiger partial charge is 0.490 e. The summed E-state index contributed by atoms with van der Waals surface area (Å²) in [6.07, 6.45) is 8.05. The normalized spacial score (nSPS) is 25.7. The maximum atomic E-state index is 6.39. The van der Waals surface area contributed by atoms with Gasteiger partial charge in [0, 0.05) is 24.0 Å². The summed E-state index contributed by atoms with van der Waals surface area (Å²) in [7, 11) is 0. The van der Waals surface area contributed by atoms with Crippen molar-refractivity contribution in [1.29, 1.82) is 0 Å². The molecule has 3 nitrogen and oxygen atoms in total. The molecule has 0 N–H and O–H groups in total. The minimum atomic E-state index is 0.0969. The van der Waals surface area contributed by atoms with Gasteiger partial charge in [-0.2, -0.15) is 0 Å². The zero-order chi connectivity index (χ0) is 19.6. The lowest BCUT2D eigenvalue weighted by Gasteiger charge is -2.41. The second kappa shape index (κ2) is 8.61. The molecule has 1 aliphatic carbocycles. The van der Waals surface area contributed by atoms with E-state index >= 15 is 0 Å². The van der Waals surface area contributed by atoms with Crippen molar-refractivity contribution in [2.75, 3.05) is 13.1 Å². The van der Waals surface area contributed by atoms with Crippen LogP contribution in [0.3, 0.4) is 0 Å². The molecule has 2 aliphatic heterocycles. The second-order valence-corrected chi connectivity index (χ2v) is 9.84. The fourth-order valence-corrected chi connectivity index (χ4v) is 5.92. The Balaban J connectivity index is 1.21. The lowest BCUT2D eigenvalue weighted by atomic mass is 9.90. The SMILES string of the molecule is CCC1Sc2ccccc2OC1c1ccc(OC2CCN(C3CCC3)CC2)cc1. The maximum absolute atomic E-state index is 6.39. The lowest BCUT2D eigenvalue weighted by molar-refractivity contribution is 0.0493. The first-order valence-electron chi connectivity index (χ1n) is 11.2. The Bertz CT molecular complexity index is 812. The van der Waals surface area contributed by atoms with Crippen LogP contribution in [0.1, 0.15) is 57.1 Å². The summed E-state index contributed by atoms with van der Waals surface area (Å²) >= 11 is 1.94. The summed E-state index contributed by atoms with van der Waals surface area (Å²) in [6, 6.07) is 17.9. The summed E-state index contributed by atoms with van der Waals surface area (Å²) in [6.45, 7) is 4.63. The molecule has 3 aliphatic rings. The third-order valence-electron chi connectivity index (χ3n) is 6.70. The fraction of sp³-hybridized carbons (Fsp3) is 0.520. The molecule has 0 bridgehead atoms. The Morgan fingerprint density at radius 2 is 1.76 bits per heavy atom. The van der Waals surface area contributed by atoms with E-state index in [4.69, 9.17) is 9.47 Å². The highest BCUT2D eigenvalue weighted by atomic mass is 32.2. The predicted molar refractivity (Wildman–Crippen MR) is 119 cm³/mol. The van der Waals surface area contributed by atoms with Crippen LogP contribution in [0.5, 0.6) is 11.5 Å². The summed E-state index contributed by atoms with van der Waals surface area (Å²) < 4.78 is 12.7. The average Bonchev–Trinajstić information content (AvgIpc) is 2.73. The predicted octanol–water partition coefficient (Wildman–Crippen LogP) is 6.09. The van der Waals surface area contributed by atoms with Crippen molar-refractivity contribution in [1.82, 2.24) is 4.90 Å². The molecule has 5 rings (SSSR count). The Morgan fingerprint density at radius 1 is 1.00 bits per heavy atom. The van der Waals surface area contributed by atoms with E-state index in [-0.39, 0.29) is 6.10 Å². The molecule has 29 heavy (non-hydrogen) atoms. The number of para-hydroxylation sites is 1. The minimum Gasteiger partial charge on any atom is -0.490 e. The fourth-order valence-electron chi connectivity index (χ4n) is 4.70. The van der Waals surface area contributed by atoms with Crippen LogP contribution < -0.4 is 9.47 Å². The van der Waals surface area contributed by atoms with Gasteiger partial charge in [0.15, 0.2) is 0 Å². The van der Waals surface area contributed by atoms with Crippen LogP contribution in [0.15, 0.2) is 53.4 Å². The Hall–Kier alpha value is -1.65. The van der Waals surface area contributed by atoms with Gasteiger partial charge in [-0.3, -0.25) is 0 Å². The molecule has 2 fully saturated rings. The number of rotatable bonds is 5. The molecule has 0 radical (unpaired) electrons. The molecule has 0 amide bonds. The van der Waals surface area contributed by atoms with Crippen molar-refractivity contribution >= 4 is 11.8 Å². The highest BCUT2D eigenvalue weighted by Crippen LogP contribution is 2.46. The molecular formula is C25H31NO2S. The van der Waals surface area contributed by atoms with E-state index in [1.165, 1.54) is 42.8 Å². The Morgan fingerprint density at radius 3 is 2.45 bits per heavy atom. The number of hydrogen-bond donors (Lipinski definition) is 0. The van der Waals surface area contributed by atoms with Gasteiger partial charge in [0.25, 0.3) is 0 Å². The van der Waals surface area contributed by atoms with Crippen LogP contribution in [-0.4, -0.2) is 35.4 Å². The quantitative estimate of drug-likeness (QED) is 0.596. The van der Waals surface area contributed by atoms with Gasteiger partial charge in [-0.05, 0) is 61.9 Å². The number of nitrogens with zero attached hydrogens (tertiary/aromatic N) is 1. The average molecular weight is 410 g/mol. The van der Waals surface area contributed by atoms with Crippen LogP contribution >= 0.6 is 11.8 Å². The van der Waals surface area contributed by atoms with Crippen molar-refractivity contribution in [3.05, 3.63) is 54.1 Å². The van der Waals surface area contributed by atoms with Gasteiger partial charge in [0.2, 0.25) is 0 Å². The van der Waals surface area contributed by atoms with E-state index in [0.717, 1.165) is 36.8 Å². The molecule has 2 aromatic carbocycles. The number of piperidine rings is 1. The molecular weight excluding hydrogens is 378 g/mol. The van der Waals surface area contributed by atoms with Crippen molar-refractivity contribution in [3.8, 4) is 11.5 Å². The molecule has 2 heterocycles. The van der Waals surface area contributed by atoms with Crippen molar-refractivity contribution in [2.24, 2.45) is 0 Å². The highest BCUT2D eigenvalue weighted by Gasteiger charge is 2.31. The van der Waals surface area contributed by atoms with Crippen LogP contribution in [0.2, 0.25) is 0 Å². The standard InChI is InChI=1S/C25H31NO2S/c1-2-23-25(28-22-8-3-4-9-24(22)29-23)18-10-12-20(13-11-18)27-21-14-16-26(17-15-21)19-6-5-7-19/h3-4,8-13,19,21,23,25H,2,5-7,14-17H2,1H3. The zero-order valence-corrected chi connectivity index (χ0v) is 18.1.